The van der Waals surface area contributed by atoms with E-state index in [0.717, 1.165) is 42.1 Å². The van der Waals surface area contributed by atoms with Gasteiger partial charge in [0.2, 0.25) is 5.78 Å². The van der Waals surface area contributed by atoms with Crippen molar-refractivity contribution in [2.75, 3.05) is 30.3 Å². The molecule has 4 N–H and O–H groups in total. The Kier molecular flexibility index (Phi) is 6.52. The highest BCUT2D eigenvalue weighted by molar-refractivity contribution is 6.11. The van der Waals surface area contributed by atoms with Crippen LogP contribution in [0, 0.1) is 0 Å². The third-order valence-electron chi connectivity index (χ3n) is 6.30. The predicted molar refractivity (Wildman–Crippen MR) is 146 cm³/mol. The lowest BCUT2D eigenvalue weighted by molar-refractivity contribution is 0.103. The summed E-state index contributed by atoms with van der Waals surface area (Å²) in [7, 11) is 0. The zero-order valence-corrected chi connectivity index (χ0v) is 19.3. The van der Waals surface area contributed by atoms with E-state index in [-0.39, 0.29) is 30.0 Å². The minimum absolute atomic E-state index is 0. The first-order valence-corrected chi connectivity index (χ1v) is 11.6. The van der Waals surface area contributed by atoms with E-state index in [4.69, 9.17) is 10.7 Å². The van der Waals surface area contributed by atoms with E-state index < -0.39 is 0 Å². The number of hydrogen-bond acceptors (Lipinski definition) is 7. The summed E-state index contributed by atoms with van der Waals surface area (Å²) in [5, 5.41) is 12.8. The smallest absolute Gasteiger partial charge is 0.215 e. The van der Waals surface area contributed by atoms with Crippen molar-refractivity contribution in [2.45, 2.75) is 12.6 Å². The number of carbonyl (C=O) groups is 1. The van der Waals surface area contributed by atoms with E-state index in [0.29, 0.717) is 11.3 Å². The molecule has 1 aliphatic rings. The van der Waals surface area contributed by atoms with Crippen LogP contribution in [0.4, 0.5) is 11.6 Å². The van der Waals surface area contributed by atoms with Crippen molar-refractivity contribution in [3.63, 3.8) is 0 Å². The Morgan fingerprint density at radius 3 is 2.63 bits per heavy atom. The van der Waals surface area contributed by atoms with Gasteiger partial charge in [-0.3, -0.25) is 4.79 Å². The molecule has 2 aromatic carbocycles. The number of nitrogen functional groups attached to an aromatic ring is 1. The van der Waals surface area contributed by atoms with Gasteiger partial charge >= 0.3 is 0 Å². The molecular formula is C28H35N5O2. The number of anilines is 2. The summed E-state index contributed by atoms with van der Waals surface area (Å²) in [6.07, 6.45) is 1.65. The van der Waals surface area contributed by atoms with Gasteiger partial charge in [-0.05, 0) is 34.9 Å². The molecule has 7 nitrogen and oxygen atoms in total. The summed E-state index contributed by atoms with van der Waals surface area (Å²) in [6, 6.07) is 25.3. The van der Waals surface area contributed by atoms with Gasteiger partial charge in [-0.25, -0.2) is 9.97 Å². The average Bonchev–Trinajstić information content (AvgIpc) is 2.93. The summed E-state index contributed by atoms with van der Waals surface area (Å²) in [6.45, 7) is 2.37. The first-order valence-electron chi connectivity index (χ1n) is 11.6. The molecule has 1 atom stereocenters. The molecule has 3 heterocycles. The highest BCUT2D eigenvalue weighted by atomic mass is 16.3. The largest absolute Gasteiger partial charge is 0.392 e. The highest BCUT2D eigenvalue weighted by Gasteiger charge is 2.23. The number of aromatic nitrogens is 2. The fraction of sp³-hybridized carbons (Fsp3) is 0.179. The van der Waals surface area contributed by atoms with Gasteiger partial charge in [0.1, 0.15) is 17.3 Å². The molecule has 1 saturated heterocycles. The second-order valence-electron chi connectivity index (χ2n) is 8.59. The third-order valence-corrected chi connectivity index (χ3v) is 6.30. The number of nitrogens with one attached hydrogen (secondary N) is 1. The van der Waals surface area contributed by atoms with E-state index in [1.807, 2.05) is 54.6 Å². The van der Waals surface area contributed by atoms with E-state index in [1.54, 1.807) is 18.3 Å². The molecule has 0 saturated carbocycles. The molecule has 1 unspecified atom stereocenters. The van der Waals surface area contributed by atoms with Crippen LogP contribution in [-0.4, -0.2) is 40.5 Å². The molecule has 0 spiro atoms. The van der Waals surface area contributed by atoms with Crippen LogP contribution in [-0.2, 0) is 6.61 Å². The van der Waals surface area contributed by atoms with Crippen molar-refractivity contribution in [1.29, 1.82) is 0 Å². The number of nitrogens with zero attached hydrogens (tertiary/aromatic N) is 3. The topological polar surface area (TPSA) is 104 Å². The quantitative estimate of drug-likeness (QED) is 0.352. The fourth-order valence-corrected chi connectivity index (χ4v) is 4.35. The normalized spacial score (nSPS) is 15.7. The average molecular weight is 474 g/mol. The van der Waals surface area contributed by atoms with Crippen LogP contribution in [0.2, 0.25) is 0 Å². The molecule has 7 heteroatoms. The van der Waals surface area contributed by atoms with Crippen LogP contribution in [0.15, 0.2) is 85.1 Å². The molecule has 0 bridgehead atoms. The Hall–Kier alpha value is -4.07. The molecule has 4 aromatic rings. The maximum absolute atomic E-state index is 13.4. The van der Waals surface area contributed by atoms with Gasteiger partial charge in [0.25, 0.3) is 0 Å². The maximum atomic E-state index is 13.4. The van der Waals surface area contributed by atoms with Crippen molar-refractivity contribution in [1.82, 2.24) is 15.3 Å². The monoisotopic (exact) mass is 473 g/mol. The van der Waals surface area contributed by atoms with Crippen LogP contribution in [0.1, 0.15) is 38.9 Å². The summed E-state index contributed by atoms with van der Waals surface area (Å²) in [5.41, 5.74) is 10.5. The van der Waals surface area contributed by atoms with Crippen LogP contribution in [0.3, 0.4) is 0 Å². The number of hydrogen-bond donors (Lipinski definition) is 3. The van der Waals surface area contributed by atoms with Crippen molar-refractivity contribution in [3.05, 3.63) is 107 Å². The van der Waals surface area contributed by atoms with Crippen LogP contribution >= 0.6 is 0 Å². The second kappa shape index (κ2) is 10.0. The summed E-state index contributed by atoms with van der Waals surface area (Å²) in [4.78, 5) is 24.6. The summed E-state index contributed by atoms with van der Waals surface area (Å²) in [5.74, 6) is 0.672. The second-order valence-corrected chi connectivity index (χ2v) is 8.59. The van der Waals surface area contributed by atoms with Crippen LogP contribution in [0.25, 0.3) is 11.1 Å². The third kappa shape index (κ3) is 4.91. The Bertz CT molecular complexity index is 1340. The number of nitrogens with two attached hydrogens (primary N) is 1. The Morgan fingerprint density at radius 2 is 1.86 bits per heavy atom. The Balaban J connectivity index is 0.00000190. The van der Waals surface area contributed by atoms with Gasteiger partial charge in [-0.15, -0.1) is 0 Å². The van der Waals surface area contributed by atoms with Gasteiger partial charge in [-0.1, -0.05) is 60.7 Å². The van der Waals surface area contributed by atoms with E-state index in [2.05, 4.69) is 27.3 Å². The van der Waals surface area contributed by atoms with Gasteiger partial charge in [0, 0.05) is 43.1 Å². The molecule has 2 aromatic heterocycles. The minimum Gasteiger partial charge on any atom is -0.392 e. The molecule has 0 amide bonds. The lowest BCUT2D eigenvalue weighted by Crippen LogP contribution is -2.46. The van der Waals surface area contributed by atoms with Crippen molar-refractivity contribution in [3.8, 4) is 11.1 Å². The first-order chi connectivity index (χ1) is 17.1. The molecule has 1 aliphatic heterocycles. The van der Waals surface area contributed by atoms with E-state index >= 15 is 0 Å². The van der Waals surface area contributed by atoms with Crippen LogP contribution in [0.5, 0.6) is 0 Å². The molecular weight excluding hydrogens is 438 g/mol. The minimum atomic E-state index is -0.263. The van der Waals surface area contributed by atoms with Gasteiger partial charge < -0.3 is 21.1 Å². The number of aliphatic hydroxyl groups is 1. The van der Waals surface area contributed by atoms with E-state index in [1.165, 1.54) is 5.56 Å². The predicted octanol–water partition coefficient (Wildman–Crippen LogP) is 4.58. The lowest BCUT2D eigenvalue weighted by atomic mass is 10.0. The molecule has 35 heavy (non-hydrogen) atoms. The van der Waals surface area contributed by atoms with Crippen molar-refractivity contribution < 1.29 is 15.6 Å². The fourth-order valence-electron chi connectivity index (χ4n) is 4.35. The number of aliphatic hydroxyl groups excluding tert-OH is 1. The van der Waals surface area contributed by atoms with E-state index in [9.17, 15) is 9.90 Å². The number of pyridine rings is 2. The number of piperazine rings is 1. The number of carbonyl (C=O) groups excluding carboxylic acids is 1. The number of benzene rings is 2. The first kappa shape index (κ1) is 22.7. The van der Waals surface area contributed by atoms with Gasteiger partial charge in [0.05, 0.1) is 12.2 Å². The van der Waals surface area contributed by atoms with Crippen LogP contribution < -0.4 is 16.0 Å². The molecule has 184 valence electrons. The maximum Gasteiger partial charge on any atom is 0.215 e. The zero-order valence-electron chi connectivity index (χ0n) is 19.3. The lowest BCUT2D eigenvalue weighted by Gasteiger charge is -2.35. The summed E-state index contributed by atoms with van der Waals surface area (Å²) >= 11 is 0. The SMILES string of the molecule is Nc1ncc(-c2ccc(CO)cc2)cc1C(=O)c1cccc(N2CCNC(c3ccccc3)C2)n1.[HH].[HH].[HH].[HH]. The molecule has 0 aliphatic carbocycles. The number of ketones is 1. The molecule has 1 fully saturated rings. The standard InChI is InChI=1S/C28H27N5O2.4H2/c29-28-23(15-22(16-31-28)20-11-9-19(18-34)10-12-20)27(35)24-7-4-8-26(32-24)33-14-13-30-25(17-33)21-5-2-1-3-6-21;;;;/h1-12,15-16,25,30,34H,13-14,17-18H2,(H2,29,31);4*1H. The Labute approximate surface area is 210 Å². The van der Waals surface area contributed by atoms with Gasteiger partial charge in [-0.2, -0.15) is 0 Å². The Morgan fingerprint density at radius 1 is 1.06 bits per heavy atom. The highest BCUT2D eigenvalue weighted by Crippen LogP contribution is 2.26. The number of rotatable bonds is 6. The van der Waals surface area contributed by atoms with Crippen molar-refractivity contribution >= 4 is 17.4 Å². The molecule has 0 radical (unpaired) electrons. The zero-order chi connectivity index (χ0) is 24.2. The summed E-state index contributed by atoms with van der Waals surface area (Å²) < 4.78 is 0. The molecule has 5 rings (SSSR count). The van der Waals surface area contributed by atoms with Crippen molar-refractivity contribution in [2.24, 2.45) is 0 Å². The van der Waals surface area contributed by atoms with Gasteiger partial charge in [0.15, 0.2) is 0 Å².